The number of halogens is 2. The van der Waals surface area contributed by atoms with Gasteiger partial charge in [-0.15, -0.1) is 0 Å². The highest BCUT2D eigenvalue weighted by Crippen LogP contribution is 2.58. The molecule has 2 aliphatic heterocycles. The Kier molecular flexibility index (Phi) is 7.15. The molecule has 0 radical (unpaired) electrons. The van der Waals surface area contributed by atoms with Crippen LogP contribution in [0.5, 0.6) is 0 Å². The summed E-state index contributed by atoms with van der Waals surface area (Å²) in [6, 6.07) is 18.8. The largest absolute Gasteiger partial charge is 0.331 e. The van der Waals surface area contributed by atoms with Crippen molar-refractivity contribution >= 4 is 39.1 Å². The molecule has 0 aromatic heterocycles. The quantitative estimate of drug-likeness (QED) is 0.410. The molecule has 5 rings (SSSR count). The fraction of sp³-hybridized carbons (Fsp3) is 0.310. The molecule has 10 heteroatoms. The van der Waals surface area contributed by atoms with Crippen molar-refractivity contribution < 1.29 is 22.4 Å². The Bertz CT molecular complexity index is 1500. The smallest absolute Gasteiger partial charge is 0.317 e. The molecule has 2 saturated heterocycles. The monoisotopic (exact) mass is 569 g/mol. The number of anilines is 1. The van der Waals surface area contributed by atoms with Crippen LogP contribution in [-0.4, -0.2) is 44.6 Å². The van der Waals surface area contributed by atoms with Crippen molar-refractivity contribution in [3.05, 3.63) is 94.8 Å². The Labute approximate surface area is 232 Å². The number of sulfone groups is 1. The first-order chi connectivity index (χ1) is 18.5. The standard InChI is InChI=1S/C29H29ClFN3O4S/c1-19(20-9-13-23(31)14-10-20)32-28(36)33-17-15-29(16-18-33)26(21-7-11-22(30)12-8-21)34(27(29)35)24-5-3-4-6-25(24)39(2,37)38/h3-14,19,26H,15-18H2,1-2H3,(H,32,36)/t19-,26?/m1/s1. The highest BCUT2D eigenvalue weighted by molar-refractivity contribution is 7.90. The number of benzene rings is 3. The number of hydrogen-bond acceptors (Lipinski definition) is 4. The van der Waals surface area contributed by atoms with Crippen LogP contribution in [0.2, 0.25) is 5.02 Å². The van der Waals surface area contributed by atoms with E-state index in [2.05, 4.69) is 5.32 Å². The Hall–Kier alpha value is -3.43. The highest BCUT2D eigenvalue weighted by atomic mass is 35.5. The normalized spacial score (nSPS) is 19.5. The topological polar surface area (TPSA) is 86.8 Å². The zero-order valence-electron chi connectivity index (χ0n) is 21.6. The van der Waals surface area contributed by atoms with Gasteiger partial charge in [0.15, 0.2) is 9.84 Å². The van der Waals surface area contributed by atoms with Crippen molar-refractivity contribution in [2.75, 3.05) is 24.2 Å². The van der Waals surface area contributed by atoms with E-state index in [1.54, 1.807) is 52.3 Å². The second-order valence-corrected chi connectivity index (χ2v) is 12.7. The SMILES string of the molecule is C[C@@H](NC(=O)N1CCC2(CC1)C(=O)N(c1ccccc1S(C)(=O)=O)C2c1ccc(Cl)cc1)c1ccc(F)cc1. The minimum absolute atomic E-state index is 0.0961. The number of nitrogens with one attached hydrogen (secondary N) is 1. The second kappa shape index (κ2) is 10.3. The van der Waals surface area contributed by atoms with Crippen LogP contribution in [0, 0.1) is 11.2 Å². The van der Waals surface area contributed by atoms with Crippen molar-refractivity contribution in [3.8, 4) is 0 Å². The van der Waals surface area contributed by atoms with Crippen LogP contribution in [0.4, 0.5) is 14.9 Å². The molecule has 2 atom stereocenters. The maximum absolute atomic E-state index is 13.9. The fourth-order valence-corrected chi connectivity index (χ4v) is 6.69. The van der Waals surface area contributed by atoms with E-state index in [4.69, 9.17) is 11.6 Å². The molecule has 2 heterocycles. The zero-order valence-corrected chi connectivity index (χ0v) is 23.2. The van der Waals surface area contributed by atoms with Crippen LogP contribution in [0.25, 0.3) is 0 Å². The van der Waals surface area contributed by atoms with Crippen LogP contribution in [0.1, 0.15) is 43.0 Å². The molecule has 0 bridgehead atoms. The second-order valence-electron chi connectivity index (χ2n) is 10.2. The molecule has 3 amide bonds. The number of amides is 3. The average molecular weight is 570 g/mol. The van der Waals surface area contributed by atoms with E-state index in [1.165, 1.54) is 18.2 Å². The molecule has 1 unspecified atom stereocenters. The number of carbonyl (C=O) groups excluding carboxylic acids is 2. The summed E-state index contributed by atoms with van der Waals surface area (Å²) in [4.78, 5) is 30.3. The molecule has 3 aromatic carbocycles. The summed E-state index contributed by atoms with van der Waals surface area (Å²) < 4.78 is 38.4. The van der Waals surface area contributed by atoms with Gasteiger partial charge in [0, 0.05) is 24.4 Å². The minimum atomic E-state index is -3.59. The van der Waals surface area contributed by atoms with Crippen LogP contribution >= 0.6 is 11.6 Å². The van der Waals surface area contributed by atoms with Gasteiger partial charge < -0.3 is 15.1 Å². The van der Waals surface area contributed by atoms with Crippen molar-refractivity contribution in [3.63, 3.8) is 0 Å². The molecule has 1 spiro atoms. The molecule has 0 saturated carbocycles. The maximum Gasteiger partial charge on any atom is 0.317 e. The van der Waals surface area contributed by atoms with Gasteiger partial charge in [-0.3, -0.25) is 4.79 Å². The lowest BCUT2D eigenvalue weighted by Crippen LogP contribution is -2.67. The van der Waals surface area contributed by atoms with E-state index in [0.29, 0.717) is 36.6 Å². The van der Waals surface area contributed by atoms with E-state index in [0.717, 1.165) is 17.4 Å². The summed E-state index contributed by atoms with van der Waals surface area (Å²) in [7, 11) is -3.59. The third-order valence-corrected chi connectivity index (χ3v) is 9.19. The first-order valence-corrected chi connectivity index (χ1v) is 15.0. The number of β-lactam (4-membered cyclic amide) rings is 1. The lowest BCUT2D eigenvalue weighted by Gasteiger charge is -2.59. The summed E-state index contributed by atoms with van der Waals surface area (Å²) in [6.07, 6.45) is 1.98. The van der Waals surface area contributed by atoms with Gasteiger partial charge in [0.2, 0.25) is 5.91 Å². The molecule has 3 aromatic rings. The van der Waals surface area contributed by atoms with Crippen LogP contribution in [0.3, 0.4) is 0 Å². The average Bonchev–Trinajstić information content (AvgIpc) is 2.92. The number of urea groups is 1. The van der Waals surface area contributed by atoms with Gasteiger partial charge in [-0.05, 0) is 67.3 Å². The van der Waals surface area contributed by atoms with Gasteiger partial charge in [-0.2, -0.15) is 0 Å². The Morgan fingerprint density at radius 1 is 1.03 bits per heavy atom. The number of nitrogens with zero attached hydrogens (tertiary/aromatic N) is 2. The molecular formula is C29H29ClFN3O4S. The van der Waals surface area contributed by atoms with Gasteiger partial charge in [0.25, 0.3) is 0 Å². The van der Waals surface area contributed by atoms with Crippen molar-refractivity contribution in [2.24, 2.45) is 5.41 Å². The number of rotatable bonds is 5. The van der Waals surface area contributed by atoms with Gasteiger partial charge in [-0.25, -0.2) is 17.6 Å². The van der Waals surface area contributed by atoms with Crippen LogP contribution in [0.15, 0.2) is 77.7 Å². The van der Waals surface area contributed by atoms with Crippen LogP contribution < -0.4 is 10.2 Å². The van der Waals surface area contributed by atoms with Gasteiger partial charge in [-0.1, -0.05) is 48.0 Å². The van der Waals surface area contributed by atoms with Gasteiger partial charge >= 0.3 is 6.03 Å². The number of carbonyl (C=O) groups is 2. The van der Waals surface area contributed by atoms with E-state index in [1.807, 2.05) is 19.1 Å². The molecule has 1 N–H and O–H groups in total. The van der Waals surface area contributed by atoms with Crippen molar-refractivity contribution in [1.29, 1.82) is 0 Å². The lowest BCUT2D eigenvalue weighted by atomic mass is 9.62. The first kappa shape index (κ1) is 27.1. The molecule has 0 aliphatic carbocycles. The Morgan fingerprint density at radius 2 is 1.64 bits per heavy atom. The van der Waals surface area contributed by atoms with Crippen LogP contribution in [-0.2, 0) is 14.6 Å². The van der Waals surface area contributed by atoms with Gasteiger partial charge in [0.05, 0.1) is 28.1 Å². The molecule has 7 nitrogen and oxygen atoms in total. The minimum Gasteiger partial charge on any atom is -0.331 e. The van der Waals surface area contributed by atoms with E-state index >= 15 is 0 Å². The molecule has 2 fully saturated rings. The van der Waals surface area contributed by atoms with Crippen molar-refractivity contribution in [1.82, 2.24) is 10.2 Å². The maximum atomic E-state index is 13.9. The van der Waals surface area contributed by atoms with Crippen molar-refractivity contribution in [2.45, 2.75) is 36.7 Å². The van der Waals surface area contributed by atoms with E-state index in [-0.39, 0.29) is 28.7 Å². The first-order valence-electron chi connectivity index (χ1n) is 12.7. The summed E-state index contributed by atoms with van der Waals surface area (Å²) in [6.45, 7) is 2.55. The number of likely N-dealkylation sites (tertiary alicyclic amines) is 1. The fourth-order valence-electron chi connectivity index (χ4n) is 5.69. The zero-order chi connectivity index (χ0) is 27.9. The summed E-state index contributed by atoms with van der Waals surface area (Å²) >= 11 is 6.14. The third-order valence-electron chi connectivity index (χ3n) is 7.79. The molecule has 2 aliphatic rings. The number of piperidine rings is 1. The van der Waals surface area contributed by atoms with E-state index < -0.39 is 21.3 Å². The Balaban J connectivity index is 1.39. The number of hydrogen-bond donors (Lipinski definition) is 1. The molecular weight excluding hydrogens is 541 g/mol. The third kappa shape index (κ3) is 5.01. The molecule has 204 valence electrons. The summed E-state index contributed by atoms with van der Waals surface area (Å²) in [5.74, 6) is -0.495. The highest BCUT2D eigenvalue weighted by Gasteiger charge is 2.62. The van der Waals surface area contributed by atoms with E-state index in [9.17, 15) is 22.4 Å². The number of para-hydroxylation sites is 1. The predicted molar refractivity (Wildman–Crippen MR) is 148 cm³/mol. The lowest BCUT2D eigenvalue weighted by molar-refractivity contribution is -0.144. The Morgan fingerprint density at radius 3 is 2.26 bits per heavy atom. The summed E-state index contributed by atoms with van der Waals surface area (Å²) in [5, 5.41) is 3.51. The van der Waals surface area contributed by atoms with Gasteiger partial charge in [0.1, 0.15) is 5.82 Å². The predicted octanol–water partition coefficient (Wildman–Crippen LogP) is 5.52. The molecule has 39 heavy (non-hydrogen) atoms. The summed E-state index contributed by atoms with van der Waals surface area (Å²) in [5.41, 5.74) is 1.21.